The number of ether oxygens (including phenoxy) is 2. The van der Waals surface area contributed by atoms with E-state index in [0.29, 0.717) is 24.6 Å². The van der Waals surface area contributed by atoms with Crippen LogP contribution in [0.2, 0.25) is 0 Å². The molecule has 1 rings (SSSR count). The summed E-state index contributed by atoms with van der Waals surface area (Å²) < 4.78 is 10.4. The van der Waals surface area contributed by atoms with Gasteiger partial charge in [0.2, 0.25) is 0 Å². The maximum atomic E-state index is 10.5. The van der Waals surface area contributed by atoms with Gasteiger partial charge in [-0.3, -0.25) is 0 Å². The highest BCUT2D eigenvalue weighted by atomic mass is 16.5. The number of methoxy groups -OCH3 is 1. The lowest BCUT2D eigenvalue weighted by molar-refractivity contribution is -0.139. The minimum atomic E-state index is -1.05. The van der Waals surface area contributed by atoms with Gasteiger partial charge < -0.3 is 25.0 Å². The molecule has 100 valence electrons. The van der Waals surface area contributed by atoms with E-state index in [0.717, 1.165) is 5.56 Å². The van der Waals surface area contributed by atoms with Crippen LogP contribution >= 0.6 is 0 Å². The zero-order valence-corrected chi connectivity index (χ0v) is 10.2. The van der Waals surface area contributed by atoms with E-state index in [2.05, 4.69) is 5.32 Å². The molecule has 0 saturated heterocycles. The second kappa shape index (κ2) is 7.52. The first-order chi connectivity index (χ1) is 8.69. The first kappa shape index (κ1) is 14.3. The van der Waals surface area contributed by atoms with Gasteiger partial charge >= 0.3 is 5.97 Å². The lowest BCUT2D eigenvalue weighted by atomic mass is 10.2. The van der Waals surface area contributed by atoms with E-state index >= 15 is 0 Å². The number of hydrogen-bond acceptors (Lipinski definition) is 5. The smallest absolute Gasteiger partial charge is 0.341 e. The molecule has 6 nitrogen and oxygen atoms in total. The highest BCUT2D eigenvalue weighted by Gasteiger charge is 2.11. The molecule has 1 aromatic rings. The van der Waals surface area contributed by atoms with E-state index < -0.39 is 12.6 Å². The Hall–Kier alpha value is -1.79. The molecule has 0 bridgehead atoms. The Labute approximate surface area is 105 Å². The molecule has 0 amide bonds. The number of carbonyl (C=O) groups is 1. The van der Waals surface area contributed by atoms with Gasteiger partial charge in [0.25, 0.3) is 0 Å². The van der Waals surface area contributed by atoms with Gasteiger partial charge in [-0.1, -0.05) is 12.1 Å². The first-order valence-corrected chi connectivity index (χ1v) is 5.51. The molecular weight excluding hydrogens is 238 g/mol. The Balaban J connectivity index is 2.82. The number of aliphatic hydroxyl groups is 1. The Bertz CT molecular complexity index is 394. The number of aliphatic hydroxyl groups excluding tert-OH is 1. The maximum absolute atomic E-state index is 10.5. The second-order valence-corrected chi connectivity index (χ2v) is 3.53. The number of carboxylic acid groups (broad SMARTS) is 1. The van der Waals surface area contributed by atoms with E-state index in [1.165, 1.54) is 7.11 Å². The predicted molar refractivity (Wildman–Crippen MR) is 64.9 cm³/mol. The molecule has 0 heterocycles. The van der Waals surface area contributed by atoms with Crippen molar-refractivity contribution in [3.05, 3.63) is 23.8 Å². The van der Waals surface area contributed by atoms with Gasteiger partial charge in [0.05, 0.1) is 13.7 Å². The van der Waals surface area contributed by atoms with Gasteiger partial charge in [-0.15, -0.1) is 0 Å². The summed E-state index contributed by atoms with van der Waals surface area (Å²) in [5, 5.41) is 20.3. The number of nitrogens with one attached hydrogen (secondary N) is 1. The molecule has 3 N–H and O–H groups in total. The van der Waals surface area contributed by atoms with Crippen LogP contribution in [0, 0.1) is 0 Å². The Morgan fingerprint density at radius 3 is 2.83 bits per heavy atom. The third-order valence-electron chi connectivity index (χ3n) is 2.22. The fourth-order valence-corrected chi connectivity index (χ4v) is 1.46. The predicted octanol–water partition coefficient (Wildman–Crippen LogP) is 0.240. The molecule has 0 radical (unpaired) electrons. The summed E-state index contributed by atoms with van der Waals surface area (Å²) in [7, 11) is 1.49. The van der Waals surface area contributed by atoms with Crippen LogP contribution in [0.15, 0.2) is 18.2 Å². The van der Waals surface area contributed by atoms with Gasteiger partial charge in [0.15, 0.2) is 18.1 Å². The van der Waals surface area contributed by atoms with Crippen LogP contribution in [-0.2, 0) is 11.3 Å². The lowest BCUT2D eigenvalue weighted by Gasteiger charge is -2.14. The summed E-state index contributed by atoms with van der Waals surface area (Å²) in [6, 6.07) is 5.30. The number of para-hydroxylation sites is 1. The molecule has 0 saturated carbocycles. The summed E-state index contributed by atoms with van der Waals surface area (Å²) in [4.78, 5) is 10.5. The van der Waals surface area contributed by atoms with Crippen molar-refractivity contribution in [1.29, 1.82) is 0 Å². The van der Waals surface area contributed by atoms with Crippen LogP contribution in [0.4, 0.5) is 0 Å². The zero-order valence-electron chi connectivity index (χ0n) is 10.2. The van der Waals surface area contributed by atoms with Crippen molar-refractivity contribution in [3.63, 3.8) is 0 Å². The van der Waals surface area contributed by atoms with Crippen molar-refractivity contribution in [1.82, 2.24) is 5.32 Å². The largest absolute Gasteiger partial charge is 0.493 e. The van der Waals surface area contributed by atoms with Crippen molar-refractivity contribution in [2.24, 2.45) is 0 Å². The highest BCUT2D eigenvalue weighted by molar-refractivity contribution is 5.68. The Morgan fingerprint density at radius 2 is 2.22 bits per heavy atom. The van der Waals surface area contributed by atoms with Crippen LogP contribution in [0.5, 0.6) is 11.5 Å². The van der Waals surface area contributed by atoms with Gasteiger partial charge in [0, 0.05) is 18.7 Å². The lowest BCUT2D eigenvalue weighted by Crippen LogP contribution is -2.19. The van der Waals surface area contributed by atoms with E-state index in [1.807, 2.05) is 6.07 Å². The summed E-state index contributed by atoms with van der Waals surface area (Å²) in [5.74, 6) is -0.150. The maximum Gasteiger partial charge on any atom is 0.341 e. The molecule has 0 unspecified atom stereocenters. The third kappa shape index (κ3) is 4.23. The van der Waals surface area contributed by atoms with Gasteiger partial charge in [-0.25, -0.2) is 4.79 Å². The van der Waals surface area contributed by atoms with Crippen LogP contribution in [0.3, 0.4) is 0 Å². The van der Waals surface area contributed by atoms with Gasteiger partial charge in [-0.2, -0.15) is 0 Å². The first-order valence-electron chi connectivity index (χ1n) is 5.51. The molecule has 0 aliphatic carbocycles. The molecule has 0 atom stereocenters. The molecular formula is C12H17NO5. The van der Waals surface area contributed by atoms with E-state index in [1.54, 1.807) is 12.1 Å². The quantitative estimate of drug-likeness (QED) is 0.577. The molecule has 0 fully saturated rings. The average Bonchev–Trinajstić information content (AvgIpc) is 2.37. The van der Waals surface area contributed by atoms with E-state index in [9.17, 15) is 4.79 Å². The highest BCUT2D eigenvalue weighted by Crippen LogP contribution is 2.30. The van der Waals surface area contributed by atoms with E-state index in [4.69, 9.17) is 19.7 Å². The molecule has 0 aliphatic rings. The average molecular weight is 255 g/mol. The number of rotatable bonds is 8. The SMILES string of the molecule is COc1cccc(CNCCO)c1OCC(=O)O. The second-order valence-electron chi connectivity index (χ2n) is 3.53. The molecule has 0 spiro atoms. The standard InChI is InChI=1S/C12H17NO5/c1-17-10-4-2-3-9(7-13-5-6-14)12(10)18-8-11(15)16/h2-4,13-14H,5-8H2,1H3,(H,15,16). The Kier molecular flexibility index (Phi) is 5.96. The molecule has 0 aliphatic heterocycles. The Morgan fingerprint density at radius 1 is 1.44 bits per heavy atom. The monoisotopic (exact) mass is 255 g/mol. The topological polar surface area (TPSA) is 88.0 Å². The van der Waals surface area contributed by atoms with Crippen LogP contribution in [-0.4, -0.2) is 43.1 Å². The van der Waals surface area contributed by atoms with E-state index in [-0.39, 0.29) is 6.61 Å². The fourth-order valence-electron chi connectivity index (χ4n) is 1.46. The number of carboxylic acids is 1. The van der Waals surface area contributed by atoms with Gasteiger partial charge in [-0.05, 0) is 6.07 Å². The fraction of sp³-hybridized carbons (Fsp3) is 0.417. The molecule has 0 aromatic heterocycles. The van der Waals surface area contributed by atoms with Crippen molar-refractivity contribution in [3.8, 4) is 11.5 Å². The zero-order chi connectivity index (χ0) is 13.4. The molecule has 18 heavy (non-hydrogen) atoms. The normalized spacial score (nSPS) is 10.1. The minimum Gasteiger partial charge on any atom is -0.493 e. The summed E-state index contributed by atoms with van der Waals surface area (Å²) in [5.41, 5.74) is 0.782. The van der Waals surface area contributed by atoms with Crippen LogP contribution in [0.1, 0.15) is 5.56 Å². The summed E-state index contributed by atoms with van der Waals surface area (Å²) in [6.45, 7) is 0.533. The summed E-state index contributed by atoms with van der Waals surface area (Å²) in [6.07, 6.45) is 0. The number of hydrogen-bond donors (Lipinski definition) is 3. The van der Waals surface area contributed by atoms with Crippen LogP contribution in [0.25, 0.3) is 0 Å². The van der Waals surface area contributed by atoms with Crippen molar-refractivity contribution in [2.75, 3.05) is 26.9 Å². The number of aliphatic carboxylic acids is 1. The third-order valence-corrected chi connectivity index (χ3v) is 2.22. The van der Waals surface area contributed by atoms with Crippen molar-refractivity contribution < 1.29 is 24.5 Å². The molecule has 1 aromatic carbocycles. The van der Waals surface area contributed by atoms with Gasteiger partial charge in [0.1, 0.15) is 0 Å². The van der Waals surface area contributed by atoms with Crippen molar-refractivity contribution in [2.45, 2.75) is 6.54 Å². The minimum absolute atomic E-state index is 0.0370. The number of benzene rings is 1. The molecule has 6 heteroatoms. The van der Waals surface area contributed by atoms with Crippen molar-refractivity contribution >= 4 is 5.97 Å². The van der Waals surface area contributed by atoms with Crippen LogP contribution < -0.4 is 14.8 Å². The summed E-state index contributed by atoms with van der Waals surface area (Å²) >= 11 is 0.